The van der Waals surface area contributed by atoms with Crippen LogP contribution in [0.2, 0.25) is 0 Å². The number of rotatable bonds is 9. The number of hydrogen-bond acceptors (Lipinski definition) is 13. The first-order valence-corrected chi connectivity index (χ1v) is 55.1. The number of carbonyl (C=O) groups excluding carboxylic acids is 2. The Bertz CT molecular complexity index is 5340. The van der Waals surface area contributed by atoms with E-state index >= 15 is 0 Å². The lowest BCUT2D eigenvalue weighted by Crippen LogP contribution is -2.33. The number of hydrogen-bond donors (Lipinski definition) is 2. The van der Waals surface area contributed by atoms with E-state index in [2.05, 4.69) is 274 Å². The van der Waals surface area contributed by atoms with Crippen molar-refractivity contribution in [2.45, 2.75) is 392 Å². The van der Waals surface area contributed by atoms with Gasteiger partial charge in [0.05, 0.1) is 58.3 Å². The van der Waals surface area contributed by atoms with Crippen molar-refractivity contribution >= 4 is 128 Å². The summed E-state index contributed by atoms with van der Waals surface area (Å²) in [6.07, 6.45) is 34.9. The topological polar surface area (TPSA) is 228 Å². The van der Waals surface area contributed by atoms with E-state index in [-0.39, 0.29) is 25.3 Å². The third kappa shape index (κ3) is 28.1. The number of para-hydroxylation sites is 5. The molecule has 5 unspecified atom stereocenters. The van der Waals surface area contributed by atoms with E-state index in [0.717, 1.165) is 110 Å². The lowest BCUT2D eigenvalue weighted by molar-refractivity contribution is -0.120. The molecule has 3 spiro atoms. The minimum absolute atomic E-state index is 0.0381. The number of halogens is 1. The van der Waals surface area contributed by atoms with Gasteiger partial charge >= 0.3 is 0 Å². The molecule has 5 atom stereocenters. The molecule has 3 N–H and O–H groups in total. The molecule has 724 valence electrons. The first-order chi connectivity index (χ1) is 63.0. The molecule has 10 aromatic rings. The summed E-state index contributed by atoms with van der Waals surface area (Å²) < 4.78 is 41.7. The van der Waals surface area contributed by atoms with Crippen LogP contribution in [0, 0.1) is 0 Å². The summed E-state index contributed by atoms with van der Waals surface area (Å²) in [6.45, 7) is 55.4. The molecular formula is C112H166IN11O5S3. The first kappa shape index (κ1) is 114. The number of Topliss-reactive ketones (excluding diaryl/α,β-unsaturated/α-hetero) is 1. The number of nitrogens with zero attached hydrogens (tertiary/aromatic N) is 9. The fourth-order valence-corrected chi connectivity index (χ4v) is 22.8. The summed E-state index contributed by atoms with van der Waals surface area (Å²) in [5.41, 5.74) is 15.7. The molecule has 3 saturated heterocycles. The van der Waals surface area contributed by atoms with Crippen molar-refractivity contribution in [3.63, 3.8) is 0 Å². The van der Waals surface area contributed by atoms with E-state index in [1.807, 2.05) is 165 Å². The van der Waals surface area contributed by atoms with E-state index in [0.29, 0.717) is 57.5 Å². The van der Waals surface area contributed by atoms with E-state index < -0.39 is 33.0 Å². The summed E-state index contributed by atoms with van der Waals surface area (Å²) in [5.74, 6) is 3.47. The van der Waals surface area contributed by atoms with Gasteiger partial charge in [0.2, 0.25) is 6.08 Å². The molecule has 0 amide bonds. The molecule has 8 heterocycles. The average Bonchev–Trinajstić information content (AvgIpc) is 1.50. The highest BCUT2D eigenvalue weighted by atomic mass is 127. The number of alkyl halides is 1. The zero-order valence-corrected chi connectivity index (χ0v) is 90.6. The molecule has 20 heteroatoms. The maximum absolute atomic E-state index is 13.1. The van der Waals surface area contributed by atoms with Gasteiger partial charge in [0.1, 0.15) is 27.8 Å². The van der Waals surface area contributed by atoms with Crippen LogP contribution >= 0.6 is 22.6 Å². The Morgan fingerprint density at radius 1 is 0.424 bits per heavy atom. The van der Waals surface area contributed by atoms with Crippen molar-refractivity contribution < 1.29 is 22.2 Å². The van der Waals surface area contributed by atoms with Gasteiger partial charge < -0.3 is 5.32 Å². The maximum atomic E-state index is 13.1. The molecule has 5 saturated carbocycles. The fourth-order valence-electron chi connectivity index (χ4n) is 20.3. The van der Waals surface area contributed by atoms with Crippen LogP contribution in [-0.2, 0) is 42.5 Å². The first-order valence-electron chi connectivity index (χ1n) is 49.5. The number of nitrogens with two attached hydrogens (primary N) is 1. The van der Waals surface area contributed by atoms with Gasteiger partial charge in [0, 0.05) is 111 Å². The van der Waals surface area contributed by atoms with Crippen LogP contribution in [0.25, 0.3) is 54.5 Å². The maximum Gasteiger partial charge on any atom is 0.234 e. The number of aliphatic imine (C=N–C) groups is 1. The predicted molar refractivity (Wildman–Crippen MR) is 578 cm³/mol. The normalized spacial score (nSPS) is 22.7. The van der Waals surface area contributed by atoms with Gasteiger partial charge in [0.25, 0.3) is 0 Å². The molecule has 8 aliphatic rings. The second-order valence-electron chi connectivity index (χ2n) is 39.1. The lowest BCUT2D eigenvalue weighted by Gasteiger charge is -2.31. The SMILES string of the molecule is CC.CC.CC.CC.CC.CC(C)(C)S(=O)N1C(C)(C)C12CCC(c1ccnc3ccccc13)CC2.CC(C)(C)S(=O)N=C1CCC(c2ccnc3ccccc23)CC1.CC(C)(C)S(N)=O.CC1(C)NC12CCC(c1ccnc3ccccc13)CC2.CCCN1C(C)(C)C12CCC(c1ccnc3ccccc13)CC2.CI.CN=C=O.O=C1CCC(c2ccnc3ccccc23)CC1. The Kier molecular flexibility index (Phi) is 45.1. The number of isocyanates is 1. The minimum Gasteiger partial charge on any atom is -0.303 e. The molecule has 16 nitrogen and oxygen atoms in total. The van der Waals surface area contributed by atoms with Crippen LogP contribution in [0.4, 0.5) is 0 Å². The van der Waals surface area contributed by atoms with Crippen LogP contribution in [0.3, 0.4) is 0 Å². The summed E-state index contributed by atoms with van der Waals surface area (Å²) in [6, 6.07) is 53.2. The van der Waals surface area contributed by atoms with E-state index in [9.17, 15) is 17.4 Å². The Labute approximate surface area is 818 Å². The van der Waals surface area contributed by atoms with Crippen molar-refractivity contribution in [1.82, 2.24) is 39.4 Å². The van der Waals surface area contributed by atoms with Gasteiger partial charge in [-0.05, 0) is 355 Å². The number of carbonyl (C=O) groups is 1. The quantitative estimate of drug-likeness (QED) is 0.0452. The highest BCUT2D eigenvalue weighted by Crippen LogP contribution is 2.64. The van der Waals surface area contributed by atoms with Gasteiger partial charge in [0.15, 0.2) is 0 Å². The van der Waals surface area contributed by atoms with Crippen molar-refractivity contribution in [2.24, 2.45) is 14.5 Å². The zero-order valence-electron chi connectivity index (χ0n) is 86.0. The largest absolute Gasteiger partial charge is 0.303 e. The number of fused-ring (bicyclic) bond motifs is 5. The molecule has 132 heavy (non-hydrogen) atoms. The summed E-state index contributed by atoms with van der Waals surface area (Å²) in [5, 5.41) is 15.3. The fraction of sp³-hybridized carbons (Fsp3) is 0.571. The summed E-state index contributed by atoms with van der Waals surface area (Å²) >= 11 is 2.15. The highest BCUT2D eigenvalue weighted by molar-refractivity contribution is 14.1. The second kappa shape index (κ2) is 52.4. The molecule has 0 radical (unpaired) electrons. The molecule has 5 aromatic carbocycles. The van der Waals surface area contributed by atoms with Crippen LogP contribution < -0.4 is 10.5 Å². The minimum atomic E-state index is -1.18. The molecule has 0 bridgehead atoms. The Morgan fingerprint density at radius 2 is 0.689 bits per heavy atom. The molecule has 5 aromatic heterocycles. The average molecular weight is 1970 g/mol. The van der Waals surface area contributed by atoms with Gasteiger partial charge in [-0.3, -0.25) is 39.8 Å². The van der Waals surface area contributed by atoms with Crippen molar-refractivity contribution in [3.8, 4) is 0 Å². The highest BCUT2D eigenvalue weighted by Gasteiger charge is 2.73. The second-order valence-corrected chi connectivity index (χ2v) is 44.9. The molecular weight excluding hydrogens is 1800 g/mol. The molecule has 5 aliphatic carbocycles. The third-order valence-electron chi connectivity index (χ3n) is 27.7. The van der Waals surface area contributed by atoms with Gasteiger partial charge in [-0.1, -0.05) is 190 Å². The Balaban J connectivity index is 0.000000241. The molecule has 18 rings (SSSR count). The summed E-state index contributed by atoms with van der Waals surface area (Å²) in [7, 11) is -1.87. The van der Waals surface area contributed by atoms with Crippen LogP contribution in [0.15, 0.2) is 192 Å². The third-order valence-corrected chi connectivity index (χ3v) is 32.6. The zero-order chi connectivity index (χ0) is 98.2. The molecule has 8 fully saturated rings. The summed E-state index contributed by atoms with van der Waals surface area (Å²) in [4.78, 5) is 50.2. The van der Waals surface area contributed by atoms with Gasteiger partial charge in [-0.15, -0.1) is 0 Å². The Hall–Kier alpha value is -7.11. The van der Waals surface area contributed by atoms with Gasteiger partial charge in [-0.2, -0.15) is 4.40 Å². The van der Waals surface area contributed by atoms with Crippen LogP contribution in [0.1, 0.15) is 372 Å². The predicted octanol–water partition coefficient (Wildman–Crippen LogP) is 29.1. The molecule has 3 aliphatic heterocycles. The number of benzene rings is 5. The van der Waals surface area contributed by atoms with Crippen molar-refractivity contribution in [3.05, 3.63) is 210 Å². The Morgan fingerprint density at radius 3 is 0.947 bits per heavy atom. The number of ketones is 1. The number of pyridine rings is 5. The van der Waals surface area contributed by atoms with Crippen molar-refractivity contribution in [1.29, 1.82) is 0 Å². The number of nitrogens with one attached hydrogen (secondary N) is 1. The standard InChI is InChI=1S/C22H30N2OS.C21H28N2.C19H24N2OS.C18H22N2.C15H15NO.C4H11NOS.C2H3NO.5C2H6.CH3I/c1-20(2,3)26(25)24-21(4,5)22(24)13-10-16(11-14-22)17-12-15-23-19-9-7-6-8-18(17)19;1-4-15-23-20(2,3)21(23)12-9-16(10-13-21)17-11-14-22-19-8-6-5-7-18(17)19;1-19(2,3)23(22)21-15-10-8-14(9-11-15)16-12-13-20-18-7-5-4-6-17(16)18;1-17(2)18(20-17)10-7-13(8-11-18)14-9-12-19-16-6-4-3-5-15(14)16;17-12-7-5-11(6-8-12)13-9-10-16-15-4-2-1-3-14(13)15;1-4(2,3)7(5)6;1-3-2-4;6*1-2/h6-9,12,15-16H,10-11,13-14H2,1-5H3;5-8,11,14,16H,4,9-10,12-13,15H2,1-3H3;4-7,12-14H,8-11H2,1-3H3;3-6,9,12-13,20H,7-8,10-11H2,1-2H3;1-4,9-11H,5-8H2;5H2,1-3H3;1H3;5*1-2H3;1H3. The van der Waals surface area contributed by atoms with Crippen LogP contribution in [0.5, 0.6) is 0 Å². The smallest absolute Gasteiger partial charge is 0.234 e. The van der Waals surface area contributed by atoms with Crippen LogP contribution in [-0.4, -0.2) is 130 Å². The monoisotopic (exact) mass is 1970 g/mol. The number of aromatic nitrogens is 5. The van der Waals surface area contributed by atoms with E-state index in [1.165, 1.54) is 132 Å². The van der Waals surface area contributed by atoms with Crippen molar-refractivity contribution in [2.75, 3.05) is 18.5 Å². The van der Waals surface area contributed by atoms with E-state index in [1.54, 1.807) is 0 Å². The van der Waals surface area contributed by atoms with Gasteiger partial charge in [-0.25, -0.2) is 26.7 Å². The lowest BCUT2D eigenvalue weighted by atomic mass is 9.74. The van der Waals surface area contributed by atoms with E-state index in [4.69, 9.17) is 9.93 Å².